The van der Waals surface area contributed by atoms with Crippen LogP contribution in [0.5, 0.6) is 0 Å². The monoisotopic (exact) mass is 247 g/mol. The molecule has 0 spiro atoms. The third kappa shape index (κ3) is 3.23. The Morgan fingerprint density at radius 1 is 1.11 bits per heavy atom. The average Bonchev–Trinajstić information content (AvgIpc) is 2.40. The minimum atomic E-state index is 0.183. The van der Waals surface area contributed by atoms with Gasteiger partial charge in [0.25, 0.3) is 0 Å². The van der Waals surface area contributed by atoms with Crippen LogP contribution in [0.25, 0.3) is 0 Å². The molecule has 0 radical (unpaired) electrons. The summed E-state index contributed by atoms with van der Waals surface area (Å²) in [5, 5.41) is 0. The Kier molecular flexibility index (Phi) is 4.20. The Labute approximate surface area is 109 Å². The smallest absolute Gasteiger partial charge is 0.236 e. The van der Waals surface area contributed by atoms with Gasteiger partial charge in [0, 0.05) is 46.0 Å². The number of amides is 1. The third-order valence-electron chi connectivity index (χ3n) is 3.35. The van der Waals surface area contributed by atoms with Gasteiger partial charge >= 0.3 is 0 Å². The van der Waals surface area contributed by atoms with Gasteiger partial charge in [-0.1, -0.05) is 18.2 Å². The van der Waals surface area contributed by atoms with E-state index in [-0.39, 0.29) is 5.91 Å². The SMILES string of the molecule is CN(C)C(=O)CN1CCN(c2ccccc2)CC1. The summed E-state index contributed by atoms with van der Waals surface area (Å²) in [6.45, 7) is 4.42. The third-order valence-corrected chi connectivity index (χ3v) is 3.35. The van der Waals surface area contributed by atoms with Gasteiger partial charge in [0.15, 0.2) is 0 Å². The molecule has 0 bridgehead atoms. The number of hydrogen-bond donors (Lipinski definition) is 0. The molecule has 18 heavy (non-hydrogen) atoms. The lowest BCUT2D eigenvalue weighted by Gasteiger charge is -2.36. The van der Waals surface area contributed by atoms with E-state index < -0.39 is 0 Å². The van der Waals surface area contributed by atoms with E-state index in [0.29, 0.717) is 6.54 Å². The first-order valence-corrected chi connectivity index (χ1v) is 6.39. The molecule has 0 unspecified atom stereocenters. The number of para-hydroxylation sites is 1. The number of piperazine rings is 1. The normalized spacial score (nSPS) is 16.7. The number of hydrogen-bond acceptors (Lipinski definition) is 3. The molecule has 1 aliphatic heterocycles. The van der Waals surface area contributed by atoms with Gasteiger partial charge in [-0.2, -0.15) is 0 Å². The maximum Gasteiger partial charge on any atom is 0.236 e. The fourth-order valence-electron chi connectivity index (χ4n) is 2.14. The van der Waals surface area contributed by atoms with Crippen molar-refractivity contribution in [1.82, 2.24) is 9.80 Å². The van der Waals surface area contributed by atoms with Gasteiger partial charge in [-0.05, 0) is 12.1 Å². The van der Waals surface area contributed by atoms with Gasteiger partial charge in [0.2, 0.25) is 5.91 Å². The topological polar surface area (TPSA) is 26.8 Å². The highest BCUT2D eigenvalue weighted by Gasteiger charge is 2.19. The molecule has 1 aromatic rings. The molecule has 4 heteroatoms. The van der Waals surface area contributed by atoms with Crippen molar-refractivity contribution in [3.63, 3.8) is 0 Å². The Balaban J connectivity index is 1.83. The van der Waals surface area contributed by atoms with E-state index in [0.717, 1.165) is 26.2 Å². The van der Waals surface area contributed by atoms with Crippen LogP contribution in [-0.2, 0) is 4.79 Å². The molecule has 0 aromatic heterocycles. The van der Waals surface area contributed by atoms with Gasteiger partial charge in [-0.15, -0.1) is 0 Å². The van der Waals surface area contributed by atoms with Crippen molar-refractivity contribution in [2.75, 3.05) is 51.7 Å². The number of carbonyl (C=O) groups is 1. The molecule has 98 valence electrons. The van der Waals surface area contributed by atoms with E-state index in [1.54, 1.807) is 4.90 Å². The lowest BCUT2D eigenvalue weighted by molar-refractivity contribution is -0.129. The Morgan fingerprint density at radius 3 is 2.28 bits per heavy atom. The fourth-order valence-corrected chi connectivity index (χ4v) is 2.14. The number of carbonyl (C=O) groups excluding carboxylic acids is 1. The van der Waals surface area contributed by atoms with Gasteiger partial charge in [-0.25, -0.2) is 0 Å². The minimum absolute atomic E-state index is 0.183. The number of rotatable bonds is 3. The largest absolute Gasteiger partial charge is 0.369 e. The van der Waals surface area contributed by atoms with E-state index in [1.807, 2.05) is 20.2 Å². The molecule has 0 saturated carbocycles. The van der Waals surface area contributed by atoms with Crippen molar-refractivity contribution in [2.24, 2.45) is 0 Å². The predicted octanol–water partition coefficient (Wildman–Crippen LogP) is 0.897. The zero-order chi connectivity index (χ0) is 13.0. The minimum Gasteiger partial charge on any atom is -0.369 e. The second-order valence-electron chi connectivity index (χ2n) is 4.89. The maximum atomic E-state index is 11.6. The second-order valence-corrected chi connectivity index (χ2v) is 4.89. The zero-order valence-electron chi connectivity index (χ0n) is 11.2. The van der Waals surface area contributed by atoms with Crippen LogP contribution in [0.3, 0.4) is 0 Å². The highest BCUT2D eigenvalue weighted by molar-refractivity contribution is 5.77. The van der Waals surface area contributed by atoms with Crippen molar-refractivity contribution >= 4 is 11.6 Å². The summed E-state index contributed by atoms with van der Waals surface area (Å²) in [6.07, 6.45) is 0. The molecule has 1 amide bonds. The summed E-state index contributed by atoms with van der Waals surface area (Å²) in [4.78, 5) is 17.9. The standard InChI is InChI=1S/C14H21N3O/c1-15(2)14(18)12-16-8-10-17(11-9-16)13-6-4-3-5-7-13/h3-7H,8-12H2,1-2H3. The molecule has 1 heterocycles. The van der Waals surface area contributed by atoms with Crippen molar-refractivity contribution in [2.45, 2.75) is 0 Å². The molecule has 0 aliphatic carbocycles. The van der Waals surface area contributed by atoms with Gasteiger partial charge in [-0.3, -0.25) is 9.69 Å². The van der Waals surface area contributed by atoms with Crippen molar-refractivity contribution < 1.29 is 4.79 Å². The quantitative estimate of drug-likeness (QED) is 0.794. The summed E-state index contributed by atoms with van der Waals surface area (Å²) in [6, 6.07) is 10.4. The van der Waals surface area contributed by atoms with Crippen LogP contribution < -0.4 is 4.90 Å². The van der Waals surface area contributed by atoms with Crippen LogP contribution in [0.4, 0.5) is 5.69 Å². The van der Waals surface area contributed by atoms with E-state index in [2.05, 4.69) is 34.1 Å². The van der Waals surface area contributed by atoms with Gasteiger partial charge < -0.3 is 9.80 Å². The summed E-state index contributed by atoms with van der Waals surface area (Å²) >= 11 is 0. The van der Waals surface area contributed by atoms with Gasteiger partial charge in [0.1, 0.15) is 0 Å². The second kappa shape index (κ2) is 5.87. The Morgan fingerprint density at radius 2 is 1.72 bits per heavy atom. The van der Waals surface area contributed by atoms with Crippen LogP contribution in [-0.4, -0.2) is 62.5 Å². The van der Waals surface area contributed by atoms with E-state index in [9.17, 15) is 4.79 Å². The molecule has 1 saturated heterocycles. The molecule has 1 fully saturated rings. The van der Waals surface area contributed by atoms with Crippen molar-refractivity contribution in [3.05, 3.63) is 30.3 Å². The Bertz CT molecular complexity index is 383. The van der Waals surface area contributed by atoms with Crippen molar-refractivity contribution in [1.29, 1.82) is 0 Å². The molecular weight excluding hydrogens is 226 g/mol. The molecule has 0 atom stereocenters. The first kappa shape index (κ1) is 12.9. The highest BCUT2D eigenvalue weighted by atomic mass is 16.2. The summed E-state index contributed by atoms with van der Waals surface area (Å²) in [7, 11) is 3.62. The molecular formula is C14H21N3O. The summed E-state index contributed by atoms with van der Waals surface area (Å²) < 4.78 is 0. The number of likely N-dealkylation sites (N-methyl/N-ethyl adjacent to an activating group) is 1. The zero-order valence-corrected chi connectivity index (χ0v) is 11.2. The van der Waals surface area contributed by atoms with Crippen LogP contribution in [0.1, 0.15) is 0 Å². The summed E-state index contributed by atoms with van der Waals surface area (Å²) in [5.41, 5.74) is 1.27. The number of anilines is 1. The number of nitrogens with zero attached hydrogens (tertiary/aromatic N) is 3. The first-order valence-electron chi connectivity index (χ1n) is 6.39. The molecule has 2 rings (SSSR count). The number of benzene rings is 1. The Hall–Kier alpha value is -1.55. The van der Waals surface area contributed by atoms with E-state index >= 15 is 0 Å². The lowest BCUT2D eigenvalue weighted by atomic mass is 10.2. The molecule has 1 aromatic carbocycles. The van der Waals surface area contributed by atoms with Crippen LogP contribution in [0, 0.1) is 0 Å². The van der Waals surface area contributed by atoms with Crippen LogP contribution in [0.15, 0.2) is 30.3 Å². The predicted molar refractivity (Wildman–Crippen MR) is 73.8 cm³/mol. The fraction of sp³-hybridized carbons (Fsp3) is 0.500. The van der Waals surface area contributed by atoms with Crippen LogP contribution in [0.2, 0.25) is 0 Å². The molecule has 0 N–H and O–H groups in total. The molecule has 1 aliphatic rings. The first-order chi connectivity index (χ1) is 8.66. The highest BCUT2D eigenvalue weighted by Crippen LogP contribution is 2.15. The van der Waals surface area contributed by atoms with Crippen molar-refractivity contribution in [3.8, 4) is 0 Å². The molecule has 4 nitrogen and oxygen atoms in total. The van der Waals surface area contributed by atoms with E-state index in [1.165, 1.54) is 5.69 Å². The van der Waals surface area contributed by atoms with Gasteiger partial charge in [0.05, 0.1) is 6.54 Å². The lowest BCUT2D eigenvalue weighted by Crippen LogP contribution is -2.49. The van der Waals surface area contributed by atoms with Crippen LogP contribution >= 0.6 is 0 Å². The average molecular weight is 247 g/mol. The van der Waals surface area contributed by atoms with E-state index in [4.69, 9.17) is 0 Å². The maximum absolute atomic E-state index is 11.6. The summed E-state index contributed by atoms with van der Waals surface area (Å²) in [5.74, 6) is 0.183.